The van der Waals surface area contributed by atoms with Gasteiger partial charge in [0.25, 0.3) is 0 Å². The van der Waals surface area contributed by atoms with Crippen molar-refractivity contribution in [1.82, 2.24) is 10.2 Å². The first-order valence-corrected chi connectivity index (χ1v) is 7.36. The van der Waals surface area contributed by atoms with Crippen molar-refractivity contribution < 1.29 is 0 Å². The summed E-state index contributed by atoms with van der Waals surface area (Å²) in [4.78, 5) is 2.84. The zero-order chi connectivity index (χ0) is 11.0. The second-order valence-corrected chi connectivity index (χ2v) is 6.15. The third-order valence-electron chi connectivity index (χ3n) is 4.76. The fourth-order valence-electron chi connectivity index (χ4n) is 3.72. The van der Waals surface area contributed by atoms with Crippen LogP contribution in [0.3, 0.4) is 0 Å². The van der Waals surface area contributed by atoms with Crippen molar-refractivity contribution in [2.24, 2.45) is 5.92 Å². The van der Waals surface area contributed by atoms with Crippen LogP contribution in [-0.4, -0.2) is 36.1 Å². The van der Waals surface area contributed by atoms with Crippen molar-refractivity contribution in [2.75, 3.05) is 13.1 Å². The van der Waals surface area contributed by atoms with E-state index in [1.165, 1.54) is 58.0 Å². The molecule has 0 aromatic heterocycles. The van der Waals surface area contributed by atoms with Gasteiger partial charge in [0.05, 0.1) is 0 Å². The maximum atomic E-state index is 3.74. The van der Waals surface area contributed by atoms with Gasteiger partial charge in [-0.2, -0.15) is 0 Å². The topological polar surface area (TPSA) is 15.3 Å². The Hall–Kier alpha value is -0.0800. The maximum absolute atomic E-state index is 3.74. The second kappa shape index (κ2) is 4.66. The number of nitrogens with zero attached hydrogens (tertiary/aromatic N) is 1. The summed E-state index contributed by atoms with van der Waals surface area (Å²) in [5.41, 5.74) is 0. The van der Waals surface area contributed by atoms with Crippen LogP contribution in [-0.2, 0) is 0 Å². The minimum Gasteiger partial charge on any atom is -0.312 e. The van der Waals surface area contributed by atoms with Gasteiger partial charge in [-0.15, -0.1) is 0 Å². The van der Waals surface area contributed by atoms with Crippen LogP contribution in [0.4, 0.5) is 0 Å². The first kappa shape index (κ1) is 11.0. The molecule has 2 nitrogen and oxygen atoms in total. The van der Waals surface area contributed by atoms with E-state index < -0.39 is 0 Å². The molecule has 16 heavy (non-hydrogen) atoms. The number of likely N-dealkylation sites (tertiary alicyclic amines) is 1. The molecule has 3 fully saturated rings. The van der Waals surface area contributed by atoms with Crippen molar-refractivity contribution in [3.8, 4) is 0 Å². The molecule has 0 aromatic carbocycles. The van der Waals surface area contributed by atoms with Crippen LogP contribution in [0, 0.1) is 5.92 Å². The van der Waals surface area contributed by atoms with Crippen LogP contribution >= 0.6 is 0 Å². The molecule has 0 spiro atoms. The van der Waals surface area contributed by atoms with Gasteiger partial charge in [0.1, 0.15) is 0 Å². The largest absolute Gasteiger partial charge is 0.312 e. The highest BCUT2D eigenvalue weighted by Gasteiger charge is 2.40. The van der Waals surface area contributed by atoms with E-state index in [9.17, 15) is 0 Å². The molecule has 2 bridgehead atoms. The Labute approximate surface area is 99.8 Å². The minimum absolute atomic E-state index is 0.834. The van der Waals surface area contributed by atoms with Gasteiger partial charge >= 0.3 is 0 Å². The summed E-state index contributed by atoms with van der Waals surface area (Å²) in [7, 11) is 0. The van der Waals surface area contributed by atoms with Crippen LogP contribution in [0.1, 0.15) is 51.9 Å². The first-order valence-electron chi connectivity index (χ1n) is 7.36. The molecule has 2 heteroatoms. The molecule has 1 heterocycles. The van der Waals surface area contributed by atoms with Gasteiger partial charge in [0, 0.05) is 31.2 Å². The lowest BCUT2D eigenvalue weighted by molar-refractivity contribution is 0.138. The quantitative estimate of drug-likeness (QED) is 0.742. The minimum atomic E-state index is 0.834. The molecule has 1 N–H and O–H groups in total. The van der Waals surface area contributed by atoms with E-state index in [1.807, 2.05) is 0 Å². The Balaban J connectivity index is 1.54. The molecule has 1 aliphatic heterocycles. The Morgan fingerprint density at radius 1 is 1.25 bits per heavy atom. The molecule has 3 unspecified atom stereocenters. The average Bonchev–Trinajstić information content (AvgIpc) is 2.88. The number of hydrogen-bond acceptors (Lipinski definition) is 2. The molecule has 3 atom stereocenters. The molecule has 2 aliphatic carbocycles. The third kappa shape index (κ3) is 2.28. The Kier molecular flexibility index (Phi) is 3.21. The van der Waals surface area contributed by atoms with Crippen LogP contribution in [0.25, 0.3) is 0 Å². The van der Waals surface area contributed by atoms with Crippen molar-refractivity contribution >= 4 is 0 Å². The fourth-order valence-corrected chi connectivity index (χ4v) is 3.72. The number of nitrogens with one attached hydrogen (secondary N) is 1. The molecule has 0 amide bonds. The predicted molar refractivity (Wildman–Crippen MR) is 67.6 cm³/mol. The van der Waals surface area contributed by atoms with Gasteiger partial charge in [-0.25, -0.2) is 0 Å². The third-order valence-corrected chi connectivity index (χ3v) is 4.76. The van der Waals surface area contributed by atoms with Crippen LogP contribution in [0.2, 0.25) is 0 Å². The predicted octanol–water partition coefficient (Wildman–Crippen LogP) is 2.39. The van der Waals surface area contributed by atoms with Gasteiger partial charge < -0.3 is 5.32 Å². The number of fused-ring (bicyclic) bond motifs is 2. The molecular formula is C14H26N2. The molecule has 1 saturated heterocycles. The summed E-state index contributed by atoms with van der Waals surface area (Å²) in [6.45, 7) is 4.99. The number of rotatable bonds is 6. The first-order chi connectivity index (χ1) is 7.86. The molecule has 92 valence electrons. The van der Waals surface area contributed by atoms with E-state index in [-0.39, 0.29) is 0 Å². The summed E-state index contributed by atoms with van der Waals surface area (Å²) >= 11 is 0. The van der Waals surface area contributed by atoms with Crippen molar-refractivity contribution in [2.45, 2.75) is 70.0 Å². The van der Waals surface area contributed by atoms with Crippen molar-refractivity contribution in [3.05, 3.63) is 0 Å². The van der Waals surface area contributed by atoms with Gasteiger partial charge in [-0.1, -0.05) is 13.3 Å². The van der Waals surface area contributed by atoms with E-state index >= 15 is 0 Å². The Bertz CT molecular complexity index is 237. The summed E-state index contributed by atoms with van der Waals surface area (Å²) in [6, 6.07) is 2.66. The van der Waals surface area contributed by atoms with E-state index in [4.69, 9.17) is 0 Å². The van der Waals surface area contributed by atoms with E-state index in [1.54, 1.807) is 0 Å². The van der Waals surface area contributed by atoms with Gasteiger partial charge in [-0.3, -0.25) is 4.90 Å². The lowest BCUT2D eigenvalue weighted by Gasteiger charge is -2.35. The highest BCUT2D eigenvalue weighted by molar-refractivity contribution is 4.96. The van der Waals surface area contributed by atoms with Gasteiger partial charge in [0.2, 0.25) is 0 Å². The molecule has 3 rings (SSSR count). The average molecular weight is 222 g/mol. The normalized spacial score (nSPS) is 35.8. The highest BCUT2D eigenvalue weighted by atomic mass is 15.2. The van der Waals surface area contributed by atoms with E-state index in [0.29, 0.717) is 0 Å². The molecular weight excluding hydrogens is 196 g/mol. The van der Waals surface area contributed by atoms with Crippen LogP contribution < -0.4 is 5.32 Å². The number of hydrogen-bond donors (Lipinski definition) is 1. The highest BCUT2D eigenvalue weighted by Crippen LogP contribution is 2.39. The Morgan fingerprint density at radius 2 is 2.12 bits per heavy atom. The summed E-state index contributed by atoms with van der Waals surface area (Å²) in [6.07, 6.45) is 10.1. The molecule has 0 radical (unpaired) electrons. The fraction of sp³-hybridized carbons (Fsp3) is 1.00. The van der Waals surface area contributed by atoms with E-state index in [2.05, 4.69) is 17.1 Å². The van der Waals surface area contributed by atoms with Gasteiger partial charge in [-0.05, 0) is 44.4 Å². The lowest BCUT2D eigenvalue weighted by atomic mass is 10.0. The smallest absolute Gasteiger partial charge is 0.0223 e. The number of piperidine rings is 1. The van der Waals surface area contributed by atoms with Crippen molar-refractivity contribution in [1.29, 1.82) is 0 Å². The zero-order valence-corrected chi connectivity index (χ0v) is 10.6. The Morgan fingerprint density at radius 3 is 2.69 bits per heavy atom. The summed E-state index contributed by atoms with van der Waals surface area (Å²) < 4.78 is 0. The van der Waals surface area contributed by atoms with E-state index in [0.717, 1.165) is 24.0 Å². The summed E-state index contributed by atoms with van der Waals surface area (Å²) in [5, 5.41) is 3.74. The monoisotopic (exact) mass is 222 g/mol. The maximum Gasteiger partial charge on any atom is 0.0223 e. The van der Waals surface area contributed by atoms with Gasteiger partial charge in [0.15, 0.2) is 0 Å². The standard InChI is InChI=1S/C14H26N2/c1-2-3-14(9-15-12-5-6-12)16-10-11-4-7-13(16)8-11/h11-15H,2-10H2,1H3. The molecule has 0 aromatic rings. The molecule has 2 saturated carbocycles. The van der Waals surface area contributed by atoms with Crippen LogP contribution in [0.15, 0.2) is 0 Å². The summed E-state index contributed by atoms with van der Waals surface area (Å²) in [5.74, 6) is 1.05. The SMILES string of the molecule is CCCC(CNC1CC1)N1CC2CCC1C2. The molecule has 3 aliphatic rings. The zero-order valence-electron chi connectivity index (χ0n) is 10.6. The van der Waals surface area contributed by atoms with Crippen LogP contribution in [0.5, 0.6) is 0 Å². The van der Waals surface area contributed by atoms with Crippen molar-refractivity contribution in [3.63, 3.8) is 0 Å². The second-order valence-electron chi connectivity index (χ2n) is 6.15. The lowest BCUT2D eigenvalue weighted by Crippen LogP contribution is -2.46.